The van der Waals surface area contributed by atoms with Crippen molar-refractivity contribution >= 4 is 29.9 Å². The van der Waals surface area contributed by atoms with Crippen LogP contribution in [0.4, 0.5) is 8.78 Å². The van der Waals surface area contributed by atoms with Crippen molar-refractivity contribution in [2.75, 3.05) is 26.7 Å². The van der Waals surface area contributed by atoms with Gasteiger partial charge in [-0.3, -0.25) is 0 Å². The summed E-state index contributed by atoms with van der Waals surface area (Å²) in [4.78, 5) is 6.90. The molecule has 1 aliphatic rings. The summed E-state index contributed by atoms with van der Waals surface area (Å²) in [7, 11) is 2.17. The molecule has 0 unspecified atom stereocenters. The Morgan fingerprint density at radius 3 is 2.63 bits per heavy atom. The van der Waals surface area contributed by atoms with Gasteiger partial charge in [-0.25, -0.2) is 4.99 Å². The number of likely N-dealkylation sites (N-methyl/N-ethyl adjacent to an activating group) is 1. The molecule has 1 fully saturated rings. The van der Waals surface area contributed by atoms with Gasteiger partial charge in [0.05, 0.1) is 6.54 Å². The molecular weight excluding hydrogens is 465 g/mol. The number of aliphatic imine (C=N–C) groups is 1. The van der Waals surface area contributed by atoms with Crippen LogP contribution in [0.1, 0.15) is 38.2 Å². The number of nitrogens with zero attached hydrogens (tertiary/aromatic N) is 2. The van der Waals surface area contributed by atoms with Crippen molar-refractivity contribution in [3.63, 3.8) is 0 Å². The Bertz CT molecular complexity index is 568. The summed E-state index contributed by atoms with van der Waals surface area (Å²) in [6.45, 7) is 1.90. The molecule has 0 amide bonds. The van der Waals surface area contributed by atoms with Crippen LogP contribution in [0.3, 0.4) is 0 Å². The molecule has 1 aromatic carbocycles. The van der Waals surface area contributed by atoms with Gasteiger partial charge in [-0.1, -0.05) is 31.0 Å². The van der Waals surface area contributed by atoms with Crippen molar-refractivity contribution in [3.8, 4) is 5.75 Å². The molecule has 0 aliphatic heterocycles. The zero-order valence-electron chi connectivity index (χ0n) is 16.1. The monoisotopic (exact) mass is 496 g/mol. The summed E-state index contributed by atoms with van der Waals surface area (Å²) in [5.74, 6) is 0.849. The summed E-state index contributed by atoms with van der Waals surface area (Å²) in [5.41, 5.74) is 0.632. The number of hydrogen-bond donors (Lipinski definition) is 2. The molecule has 0 spiro atoms. The minimum Gasteiger partial charge on any atom is -0.434 e. The molecule has 0 atom stereocenters. The number of nitrogens with one attached hydrogen (secondary N) is 2. The van der Waals surface area contributed by atoms with E-state index in [1.807, 2.05) is 6.92 Å². The maximum atomic E-state index is 12.5. The number of guanidine groups is 1. The molecule has 1 saturated carbocycles. The van der Waals surface area contributed by atoms with Crippen molar-refractivity contribution in [2.24, 2.45) is 4.99 Å². The van der Waals surface area contributed by atoms with Crippen molar-refractivity contribution in [1.82, 2.24) is 15.5 Å². The predicted molar refractivity (Wildman–Crippen MR) is 116 cm³/mol. The summed E-state index contributed by atoms with van der Waals surface area (Å²) in [5, 5.41) is 6.50. The van der Waals surface area contributed by atoms with Gasteiger partial charge in [0.25, 0.3) is 0 Å². The van der Waals surface area contributed by atoms with Crippen LogP contribution in [-0.4, -0.2) is 50.2 Å². The maximum Gasteiger partial charge on any atom is 0.387 e. The fraction of sp³-hybridized carbons (Fsp3) is 0.632. The highest BCUT2D eigenvalue weighted by Gasteiger charge is 2.18. The zero-order valence-corrected chi connectivity index (χ0v) is 18.4. The molecule has 1 aliphatic carbocycles. The molecule has 0 saturated heterocycles. The van der Waals surface area contributed by atoms with E-state index in [1.54, 1.807) is 18.2 Å². The van der Waals surface area contributed by atoms with E-state index >= 15 is 0 Å². The highest BCUT2D eigenvalue weighted by atomic mass is 127. The Labute approximate surface area is 178 Å². The average Bonchev–Trinajstić information content (AvgIpc) is 3.15. The van der Waals surface area contributed by atoms with Crippen LogP contribution in [0, 0.1) is 0 Å². The minimum atomic E-state index is -2.84. The number of halogens is 3. The molecule has 2 rings (SSSR count). The molecule has 0 bridgehead atoms. The van der Waals surface area contributed by atoms with Gasteiger partial charge in [0.2, 0.25) is 0 Å². The second-order valence-corrected chi connectivity index (χ2v) is 6.53. The van der Waals surface area contributed by atoms with E-state index in [4.69, 9.17) is 0 Å². The van der Waals surface area contributed by atoms with Gasteiger partial charge in [-0.2, -0.15) is 8.78 Å². The molecule has 0 heterocycles. The van der Waals surface area contributed by atoms with Crippen LogP contribution in [0.25, 0.3) is 0 Å². The number of para-hydroxylation sites is 1. The van der Waals surface area contributed by atoms with Gasteiger partial charge in [-0.05, 0) is 32.9 Å². The summed E-state index contributed by atoms with van der Waals surface area (Å²) >= 11 is 0. The number of alkyl halides is 2. The first-order valence-electron chi connectivity index (χ1n) is 9.35. The standard InChI is InChI=1S/C19H30F2N4O.HI/c1-3-22-19(23-12-13-25(2)16-9-5-6-10-16)24-14-15-8-4-7-11-17(15)26-18(20)21;/h4,7-8,11,16,18H,3,5-6,9-10,12-14H2,1-2H3,(H2,22,23,24);1H. The topological polar surface area (TPSA) is 48.9 Å². The van der Waals surface area contributed by atoms with E-state index in [0.717, 1.165) is 19.6 Å². The third kappa shape index (κ3) is 8.59. The minimum absolute atomic E-state index is 0. The van der Waals surface area contributed by atoms with Gasteiger partial charge >= 0.3 is 6.61 Å². The molecule has 27 heavy (non-hydrogen) atoms. The Hall–Kier alpha value is -1.16. The first kappa shape index (κ1) is 23.9. The highest BCUT2D eigenvalue weighted by molar-refractivity contribution is 14.0. The van der Waals surface area contributed by atoms with Crippen molar-refractivity contribution in [3.05, 3.63) is 29.8 Å². The lowest BCUT2D eigenvalue weighted by Crippen LogP contribution is -2.42. The van der Waals surface area contributed by atoms with Crippen LogP contribution in [-0.2, 0) is 6.54 Å². The van der Waals surface area contributed by atoms with Crippen molar-refractivity contribution in [2.45, 2.75) is 51.8 Å². The third-order valence-electron chi connectivity index (χ3n) is 4.65. The second-order valence-electron chi connectivity index (χ2n) is 6.53. The molecule has 2 N–H and O–H groups in total. The van der Waals surface area contributed by atoms with Crippen LogP contribution in [0.15, 0.2) is 29.3 Å². The summed E-state index contributed by atoms with van der Waals surface area (Å²) in [6.07, 6.45) is 5.22. The molecule has 8 heteroatoms. The van der Waals surface area contributed by atoms with Crippen LogP contribution < -0.4 is 15.4 Å². The second kappa shape index (κ2) is 13.1. The quantitative estimate of drug-likeness (QED) is 0.310. The smallest absolute Gasteiger partial charge is 0.387 e. The van der Waals surface area contributed by atoms with Crippen LogP contribution >= 0.6 is 24.0 Å². The number of rotatable bonds is 9. The predicted octanol–water partition coefficient (Wildman–Crippen LogP) is 3.84. The Kier molecular flexibility index (Phi) is 11.6. The van der Waals surface area contributed by atoms with Crippen molar-refractivity contribution in [1.29, 1.82) is 0 Å². The maximum absolute atomic E-state index is 12.5. The summed E-state index contributed by atoms with van der Waals surface area (Å²) < 4.78 is 29.6. The Balaban J connectivity index is 0.00000364. The molecule has 0 radical (unpaired) electrons. The highest BCUT2D eigenvalue weighted by Crippen LogP contribution is 2.22. The number of ether oxygens (including phenoxy) is 1. The van der Waals surface area contributed by atoms with Crippen LogP contribution in [0.2, 0.25) is 0 Å². The Morgan fingerprint density at radius 1 is 1.26 bits per heavy atom. The average molecular weight is 496 g/mol. The van der Waals surface area contributed by atoms with E-state index in [-0.39, 0.29) is 36.3 Å². The fourth-order valence-electron chi connectivity index (χ4n) is 3.23. The summed E-state index contributed by atoms with van der Waals surface area (Å²) in [6, 6.07) is 7.44. The van der Waals surface area contributed by atoms with Gasteiger partial charge < -0.3 is 20.3 Å². The zero-order chi connectivity index (χ0) is 18.8. The molecule has 154 valence electrons. The normalized spacial score (nSPS) is 15.1. The molecule has 1 aromatic rings. The first-order valence-corrected chi connectivity index (χ1v) is 9.35. The lowest BCUT2D eigenvalue weighted by Gasteiger charge is -2.24. The lowest BCUT2D eigenvalue weighted by atomic mass is 10.2. The van der Waals surface area contributed by atoms with Crippen molar-refractivity contribution < 1.29 is 13.5 Å². The van der Waals surface area contributed by atoms with Gasteiger partial charge in [0, 0.05) is 31.2 Å². The fourth-order valence-corrected chi connectivity index (χ4v) is 3.23. The van der Waals surface area contributed by atoms with E-state index in [0.29, 0.717) is 17.6 Å². The molecular formula is C19H31F2IN4O. The first-order chi connectivity index (χ1) is 12.6. The SMILES string of the molecule is CCNC(=NCc1ccccc1OC(F)F)NCCN(C)C1CCCC1.I. The number of hydrogen-bond acceptors (Lipinski definition) is 3. The van der Waals surface area contributed by atoms with E-state index in [9.17, 15) is 8.78 Å². The van der Waals surface area contributed by atoms with E-state index in [1.165, 1.54) is 31.7 Å². The molecule has 0 aromatic heterocycles. The largest absolute Gasteiger partial charge is 0.434 e. The van der Waals surface area contributed by atoms with Gasteiger partial charge in [0.15, 0.2) is 5.96 Å². The number of benzene rings is 1. The molecule has 5 nitrogen and oxygen atoms in total. The Morgan fingerprint density at radius 2 is 1.96 bits per heavy atom. The lowest BCUT2D eigenvalue weighted by molar-refractivity contribution is -0.0504. The van der Waals surface area contributed by atoms with E-state index in [2.05, 4.69) is 32.3 Å². The van der Waals surface area contributed by atoms with Crippen LogP contribution in [0.5, 0.6) is 5.75 Å². The van der Waals surface area contributed by atoms with Gasteiger partial charge in [0.1, 0.15) is 5.75 Å². The third-order valence-corrected chi connectivity index (χ3v) is 4.65. The van der Waals surface area contributed by atoms with Gasteiger partial charge in [-0.15, -0.1) is 24.0 Å². The van der Waals surface area contributed by atoms with E-state index < -0.39 is 6.61 Å².